The van der Waals surface area contributed by atoms with E-state index in [1.807, 2.05) is 30.9 Å². The lowest BCUT2D eigenvalue weighted by Crippen LogP contribution is -2.48. The Morgan fingerprint density at radius 1 is 1.32 bits per heavy atom. The van der Waals surface area contributed by atoms with Crippen molar-refractivity contribution in [2.24, 2.45) is 0 Å². The first kappa shape index (κ1) is 18.7. The normalized spacial score (nSPS) is 14.9. The number of hydrogen-bond acceptors (Lipinski definition) is 5. The summed E-state index contributed by atoms with van der Waals surface area (Å²) in [6.45, 7) is 7.58. The summed E-state index contributed by atoms with van der Waals surface area (Å²) in [6.07, 6.45) is 6.34. The van der Waals surface area contributed by atoms with Crippen molar-refractivity contribution in [2.45, 2.75) is 26.5 Å². The van der Waals surface area contributed by atoms with Gasteiger partial charge >= 0.3 is 0 Å². The van der Waals surface area contributed by atoms with Crippen molar-refractivity contribution in [3.05, 3.63) is 29.3 Å². The summed E-state index contributed by atoms with van der Waals surface area (Å²) in [7, 11) is 0. The van der Waals surface area contributed by atoms with Crippen molar-refractivity contribution in [3.63, 3.8) is 0 Å². The maximum atomic E-state index is 11.9. The monoisotopic (exact) mass is 340 g/mol. The molecule has 0 atom stereocenters. The number of rotatable bonds is 6. The molecule has 2 rings (SSSR count). The van der Waals surface area contributed by atoms with Crippen LogP contribution in [0.1, 0.15) is 29.8 Å². The van der Waals surface area contributed by atoms with Crippen LogP contribution >= 0.6 is 0 Å². The van der Waals surface area contributed by atoms with Crippen LogP contribution in [0, 0.1) is 23.2 Å². The molecular formula is C19H24N4O2. The molecule has 1 aliphatic rings. The number of carbonyl (C=O) groups is 1. The fourth-order valence-corrected chi connectivity index (χ4v) is 2.80. The number of nitrogens with zero attached hydrogens (tertiary/aromatic N) is 2. The Balaban J connectivity index is 2.11. The Kier molecular flexibility index (Phi) is 6.31. The SMILES string of the molecule is C#CC(=O)c1cc(CN2CCN(C(=N)C=N)CC2)cc(OC(C)C)c1. The van der Waals surface area contributed by atoms with Gasteiger partial charge in [-0.15, -0.1) is 6.42 Å². The highest BCUT2D eigenvalue weighted by Crippen LogP contribution is 2.21. The average molecular weight is 340 g/mol. The van der Waals surface area contributed by atoms with Crippen molar-refractivity contribution in [3.8, 4) is 18.1 Å². The summed E-state index contributed by atoms with van der Waals surface area (Å²) in [5, 5.41) is 14.9. The lowest BCUT2D eigenvalue weighted by molar-refractivity contribution is 0.105. The smallest absolute Gasteiger partial charge is 0.235 e. The molecule has 0 spiro atoms. The number of piperazine rings is 1. The molecule has 6 heteroatoms. The lowest BCUT2D eigenvalue weighted by atomic mass is 10.1. The van der Waals surface area contributed by atoms with Crippen molar-refractivity contribution < 1.29 is 9.53 Å². The number of nitrogens with one attached hydrogen (secondary N) is 2. The summed E-state index contributed by atoms with van der Waals surface area (Å²) in [4.78, 5) is 16.0. The van der Waals surface area contributed by atoms with Gasteiger partial charge in [-0.2, -0.15) is 0 Å². The largest absolute Gasteiger partial charge is 0.491 e. The van der Waals surface area contributed by atoms with Crippen LogP contribution in [0.3, 0.4) is 0 Å². The number of ether oxygens (including phenoxy) is 1. The van der Waals surface area contributed by atoms with Gasteiger partial charge in [-0.25, -0.2) is 0 Å². The van der Waals surface area contributed by atoms with E-state index in [0.29, 0.717) is 30.9 Å². The van der Waals surface area contributed by atoms with E-state index in [2.05, 4.69) is 10.8 Å². The number of terminal acetylenes is 1. The molecule has 0 saturated carbocycles. The van der Waals surface area contributed by atoms with Gasteiger partial charge in [-0.1, -0.05) is 0 Å². The molecule has 132 valence electrons. The van der Waals surface area contributed by atoms with Gasteiger partial charge in [-0.05, 0) is 43.5 Å². The molecule has 1 aromatic carbocycles. The van der Waals surface area contributed by atoms with Crippen LogP contribution in [0.4, 0.5) is 0 Å². The second kappa shape index (κ2) is 8.45. The second-order valence-corrected chi connectivity index (χ2v) is 6.30. The van der Waals surface area contributed by atoms with Crippen LogP contribution in [0.25, 0.3) is 0 Å². The highest BCUT2D eigenvalue weighted by Gasteiger charge is 2.19. The van der Waals surface area contributed by atoms with Crippen LogP contribution in [-0.4, -0.2) is 59.9 Å². The Morgan fingerprint density at radius 2 is 2.00 bits per heavy atom. The van der Waals surface area contributed by atoms with Crippen LogP contribution in [-0.2, 0) is 6.54 Å². The molecule has 1 aromatic rings. The van der Waals surface area contributed by atoms with Crippen LogP contribution in [0.2, 0.25) is 0 Å². The minimum atomic E-state index is -0.347. The Bertz CT molecular complexity index is 698. The third kappa shape index (κ3) is 5.16. The van der Waals surface area contributed by atoms with E-state index in [1.54, 1.807) is 6.07 Å². The van der Waals surface area contributed by atoms with E-state index < -0.39 is 0 Å². The van der Waals surface area contributed by atoms with Crippen LogP contribution < -0.4 is 4.74 Å². The van der Waals surface area contributed by atoms with Gasteiger partial charge in [-0.3, -0.25) is 15.1 Å². The minimum Gasteiger partial charge on any atom is -0.491 e. The molecular weight excluding hydrogens is 316 g/mol. The molecule has 25 heavy (non-hydrogen) atoms. The molecule has 1 heterocycles. The quantitative estimate of drug-likeness (QED) is 0.273. The predicted molar refractivity (Wildman–Crippen MR) is 98.7 cm³/mol. The van der Waals surface area contributed by atoms with Crippen molar-refractivity contribution in [1.29, 1.82) is 10.8 Å². The number of carbonyl (C=O) groups excluding carboxylic acids is 1. The summed E-state index contributed by atoms with van der Waals surface area (Å²) >= 11 is 0. The molecule has 0 unspecified atom stereocenters. The molecule has 1 saturated heterocycles. The average Bonchev–Trinajstić information content (AvgIpc) is 2.60. The third-order valence-corrected chi connectivity index (χ3v) is 3.99. The number of ketones is 1. The number of benzene rings is 1. The zero-order chi connectivity index (χ0) is 18.4. The van der Waals surface area contributed by atoms with Gasteiger partial charge < -0.3 is 15.0 Å². The fourth-order valence-electron chi connectivity index (χ4n) is 2.80. The van der Waals surface area contributed by atoms with E-state index in [9.17, 15) is 4.79 Å². The zero-order valence-corrected chi connectivity index (χ0v) is 14.7. The highest BCUT2D eigenvalue weighted by molar-refractivity contribution is 6.26. The lowest BCUT2D eigenvalue weighted by Gasteiger charge is -2.35. The molecule has 1 aliphatic heterocycles. The second-order valence-electron chi connectivity index (χ2n) is 6.30. The summed E-state index contributed by atoms with van der Waals surface area (Å²) in [5.74, 6) is 2.70. The molecule has 0 radical (unpaired) electrons. The number of amidine groups is 1. The molecule has 6 nitrogen and oxygen atoms in total. The van der Waals surface area contributed by atoms with E-state index in [0.717, 1.165) is 24.9 Å². The van der Waals surface area contributed by atoms with Gasteiger partial charge in [0.25, 0.3) is 0 Å². The Labute approximate surface area is 148 Å². The topological polar surface area (TPSA) is 80.5 Å². The summed E-state index contributed by atoms with van der Waals surface area (Å²) in [5.41, 5.74) is 1.45. The third-order valence-electron chi connectivity index (χ3n) is 3.99. The molecule has 0 aliphatic carbocycles. The van der Waals surface area contributed by atoms with E-state index in [4.69, 9.17) is 22.0 Å². The first-order valence-electron chi connectivity index (χ1n) is 8.31. The molecule has 0 bridgehead atoms. The molecule has 0 amide bonds. The van der Waals surface area contributed by atoms with Crippen molar-refractivity contribution >= 4 is 17.8 Å². The summed E-state index contributed by atoms with van der Waals surface area (Å²) in [6, 6.07) is 5.45. The van der Waals surface area contributed by atoms with E-state index >= 15 is 0 Å². The van der Waals surface area contributed by atoms with Gasteiger partial charge in [0, 0.05) is 38.3 Å². The van der Waals surface area contributed by atoms with Gasteiger partial charge in [0.05, 0.1) is 12.3 Å². The Morgan fingerprint density at radius 3 is 2.56 bits per heavy atom. The molecule has 1 fully saturated rings. The predicted octanol–water partition coefficient (Wildman–Crippen LogP) is 2.03. The van der Waals surface area contributed by atoms with E-state index in [1.165, 1.54) is 0 Å². The van der Waals surface area contributed by atoms with Crippen molar-refractivity contribution in [1.82, 2.24) is 9.80 Å². The standard InChI is InChI=1S/C19H24N4O2/c1-4-18(24)16-9-15(10-17(11-16)25-14(2)3)13-22-5-7-23(8-6-22)19(21)12-20/h1,9-12,14,20-21H,5-8,13H2,2-3H3. The Hall–Kier alpha value is -2.65. The van der Waals surface area contributed by atoms with Crippen LogP contribution in [0.15, 0.2) is 18.2 Å². The number of hydrogen-bond donors (Lipinski definition) is 2. The first-order chi connectivity index (χ1) is 11.9. The maximum absolute atomic E-state index is 11.9. The highest BCUT2D eigenvalue weighted by atomic mass is 16.5. The van der Waals surface area contributed by atoms with Gasteiger partial charge in [0.2, 0.25) is 5.78 Å². The minimum absolute atomic E-state index is 0.0136. The number of Topliss-reactive ketones (excluding diaryl/α,β-unsaturated/α-hetero) is 1. The maximum Gasteiger partial charge on any atom is 0.235 e. The molecule has 0 aromatic heterocycles. The van der Waals surface area contributed by atoms with E-state index in [-0.39, 0.29) is 17.7 Å². The zero-order valence-electron chi connectivity index (χ0n) is 14.7. The van der Waals surface area contributed by atoms with Gasteiger partial charge in [0.1, 0.15) is 11.6 Å². The summed E-state index contributed by atoms with van der Waals surface area (Å²) < 4.78 is 5.74. The molecule has 2 N–H and O–H groups in total. The van der Waals surface area contributed by atoms with Crippen LogP contribution in [0.5, 0.6) is 5.75 Å². The first-order valence-corrected chi connectivity index (χ1v) is 8.31. The fraction of sp³-hybridized carbons (Fsp3) is 0.421. The van der Waals surface area contributed by atoms with Crippen molar-refractivity contribution in [2.75, 3.05) is 26.2 Å². The van der Waals surface area contributed by atoms with Gasteiger partial charge in [0.15, 0.2) is 0 Å².